The maximum atomic E-state index is 12.3. The maximum Gasteiger partial charge on any atom is 0.240 e. The first-order valence-corrected chi connectivity index (χ1v) is 8.60. The van der Waals surface area contributed by atoms with Crippen LogP contribution in [-0.2, 0) is 16.4 Å². The van der Waals surface area contributed by atoms with Crippen LogP contribution < -0.4 is 10.0 Å². The number of hydrogen-bond donors (Lipinski definition) is 2. The van der Waals surface area contributed by atoms with Gasteiger partial charge in [-0.3, -0.25) is 0 Å². The molecule has 1 unspecified atom stereocenters. The molecular weight excluding hydrogens is 286 g/mol. The van der Waals surface area contributed by atoms with Gasteiger partial charge in [0.2, 0.25) is 10.0 Å². The van der Waals surface area contributed by atoms with Crippen molar-refractivity contribution in [3.05, 3.63) is 29.8 Å². The van der Waals surface area contributed by atoms with E-state index in [9.17, 15) is 8.42 Å². The van der Waals surface area contributed by atoms with Crippen molar-refractivity contribution in [3.8, 4) is 6.07 Å². The SMILES string of the molecule is CC1(CNS(=O)(=O)c2ccc(CC#N)cc2)CCCNC1. The van der Waals surface area contributed by atoms with Crippen molar-refractivity contribution in [1.82, 2.24) is 10.0 Å². The predicted molar refractivity (Wildman–Crippen MR) is 81.2 cm³/mol. The second-order valence-electron chi connectivity index (χ2n) is 5.89. The van der Waals surface area contributed by atoms with Crippen LogP contribution in [0.3, 0.4) is 0 Å². The molecule has 0 amide bonds. The standard InChI is InChI=1S/C15H21N3O2S/c1-15(8-2-10-17-11-15)12-18-21(19,20)14-5-3-13(4-6-14)7-9-16/h3-6,17-18H,2,7-8,10-12H2,1H3. The normalized spacial score (nSPS) is 22.7. The molecule has 1 atom stereocenters. The molecular formula is C15H21N3O2S. The van der Waals surface area contributed by atoms with E-state index in [0.717, 1.165) is 31.5 Å². The Hall–Kier alpha value is -1.42. The molecule has 114 valence electrons. The fourth-order valence-electron chi connectivity index (χ4n) is 2.50. The minimum Gasteiger partial charge on any atom is -0.316 e. The molecule has 2 N–H and O–H groups in total. The number of nitrogens with zero attached hydrogens (tertiary/aromatic N) is 1. The number of benzene rings is 1. The van der Waals surface area contributed by atoms with Crippen LogP contribution in [-0.4, -0.2) is 28.1 Å². The van der Waals surface area contributed by atoms with E-state index in [1.807, 2.05) is 6.07 Å². The van der Waals surface area contributed by atoms with Crippen molar-refractivity contribution in [1.29, 1.82) is 5.26 Å². The lowest BCUT2D eigenvalue weighted by Gasteiger charge is -2.34. The molecule has 1 aliphatic rings. The average Bonchev–Trinajstić information content (AvgIpc) is 2.47. The molecule has 1 aromatic rings. The molecule has 0 bridgehead atoms. The van der Waals surface area contributed by atoms with Crippen molar-refractivity contribution in [2.24, 2.45) is 5.41 Å². The monoisotopic (exact) mass is 307 g/mol. The van der Waals surface area contributed by atoms with Gasteiger partial charge in [0, 0.05) is 13.1 Å². The fraction of sp³-hybridized carbons (Fsp3) is 0.533. The summed E-state index contributed by atoms with van der Waals surface area (Å²) in [5, 5.41) is 11.9. The molecule has 5 nitrogen and oxygen atoms in total. The van der Waals surface area contributed by atoms with Crippen LogP contribution in [0.1, 0.15) is 25.3 Å². The van der Waals surface area contributed by atoms with Gasteiger partial charge in [-0.15, -0.1) is 0 Å². The highest BCUT2D eigenvalue weighted by Crippen LogP contribution is 2.25. The molecule has 1 aromatic carbocycles. The molecule has 2 rings (SSSR count). The molecule has 6 heteroatoms. The highest BCUT2D eigenvalue weighted by molar-refractivity contribution is 7.89. The maximum absolute atomic E-state index is 12.3. The van der Waals surface area contributed by atoms with E-state index in [-0.39, 0.29) is 16.7 Å². The van der Waals surface area contributed by atoms with E-state index in [1.165, 1.54) is 0 Å². The summed E-state index contributed by atoms with van der Waals surface area (Å²) in [6, 6.07) is 8.51. The molecule has 0 spiro atoms. The molecule has 0 radical (unpaired) electrons. The lowest BCUT2D eigenvalue weighted by molar-refractivity contribution is 0.238. The number of nitriles is 1. The topological polar surface area (TPSA) is 82.0 Å². The second-order valence-corrected chi connectivity index (χ2v) is 7.66. The Labute approximate surface area is 126 Å². The number of nitrogens with one attached hydrogen (secondary N) is 2. The zero-order valence-electron chi connectivity index (χ0n) is 12.2. The third kappa shape index (κ3) is 4.27. The predicted octanol–water partition coefficient (Wildman–Crippen LogP) is 1.42. The third-order valence-corrected chi connectivity index (χ3v) is 5.31. The van der Waals surface area contributed by atoms with Gasteiger partial charge < -0.3 is 5.32 Å². The van der Waals surface area contributed by atoms with E-state index in [1.54, 1.807) is 24.3 Å². The van der Waals surface area contributed by atoms with Crippen molar-refractivity contribution in [2.45, 2.75) is 31.1 Å². The summed E-state index contributed by atoms with van der Waals surface area (Å²) in [6.07, 6.45) is 2.38. The smallest absolute Gasteiger partial charge is 0.240 e. The molecule has 1 fully saturated rings. The van der Waals surface area contributed by atoms with Crippen molar-refractivity contribution in [3.63, 3.8) is 0 Å². The molecule has 0 saturated carbocycles. The highest BCUT2D eigenvalue weighted by atomic mass is 32.2. The molecule has 0 aromatic heterocycles. The summed E-state index contributed by atoms with van der Waals surface area (Å²) in [5.41, 5.74) is 0.784. The van der Waals surface area contributed by atoms with Gasteiger partial charge >= 0.3 is 0 Å². The van der Waals surface area contributed by atoms with Crippen LogP contribution >= 0.6 is 0 Å². The Morgan fingerprint density at radius 2 is 2.10 bits per heavy atom. The third-order valence-electron chi connectivity index (χ3n) is 3.89. The molecule has 1 aliphatic heterocycles. The molecule has 21 heavy (non-hydrogen) atoms. The van der Waals surface area contributed by atoms with Gasteiger partial charge in [0.25, 0.3) is 0 Å². The summed E-state index contributed by atoms with van der Waals surface area (Å²) in [6.45, 7) is 4.36. The Morgan fingerprint density at radius 3 is 2.67 bits per heavy atom. The van der Waals surface area contributed by atoms with Gasteiger partial charge in [0.15, 0.2) is 0 Å². The highest BCUT2D eigenvalue weighted by Gasteiger charge is 2.28. The van der Waals surface area contributed by atoms with Crippen molar-refractivity contribution < 1.29 is 8.42 Å². The van der Waals surface area contributed by atoms with E-state index in [4.69, 9.17) is 5.26 Å². The van der Waals surface area contributed by atoms with E-state index in [0.29, 0.717) is 6.54 Å². The summed E-state index contributed by atoms with van der Waals surface area (Å²) in [4.78, 5) is 0.247. The Kier molecular flexibility index (Phi) is 4.99. The second kappa shape index (κ2) is 6.56. The van der Waals surface area contributed by atoms with Crippen LogP contribution in [0.15, 0.2) is 29.2 Å². The molecule has 0 aliphatic carbocycles. The number of sulfonamides is 1. The van der Waals surface area contributed by atoms with Gasteiger partial charge in [-0.1, -0.05) is 19.1 Å². The number of piperidine rings is 1. The Bertz CT molecular complexity index is 611. The summed E-state index contributed by atoms with van der Waals surface area (Å²) < 4.78 is 27.3. The first-order chi connectivity index (χ1) is 9.95. The van der Waals surface area contributed by atoms with Crippen LogP contribution in [0.2, 0.25) is 0 Å². The van der Waals surface area contributed by atoms with Crippen molar-refractivity contribution >= 4 is 10.0 Å². The van der Waals surface area contributed by atoms with Crippen molar-refractivity contribution in [2.75, 3.05) is 19.6 Å². The van der Waals surface area contributed by atoms with Gasteiger partial charge in [-0.2, -0.15) is 5.26 Å². The van der Waals surface area contributed by atoms with E-state index in [2.05, 4.69) is 17.0 Å². The first-order valence-electron chi connectivity index (χ1n) is 7.11. The van der Waals surface area contributed by atoms with Crippen LogP contribution in [0.25, 0.3) is 0 Å². The van der Waals surface area contributed by atoms with E-state index < -0.39 is 10.0 Å². The minimum atomic E-state index is -3.49. The number of rotatable bonds is 5. The van der Waals surface area contributed by atoms with Crippen LogP contribution in [0.5, 0.6) is 0 Å². The Balaban J connectivity index is 2.02. The summed E-state index contributed by atoms with van der Waals surface area (Å²) >= 11 is 0. The number of hydrogen-bond acceptors (Lipinski definition) is 4. The molecule has 1 saturated heterocycles. The quantitative estimate of drug-likeness (QED) is 0.862. The van der Waals surface area contributed by atoms with Gasteiger partial charge in [0.05, 0.1) is 17.4 Å². The molecule has 1 heterocycles. The van der Waals surface area contributed by atoms with Gasteiger partial charge in [0.1, 0.15) is 0 Å². The lowest BCUT2D eigenvalue weighted by atomic mass is 9.83. The zero-order valence-corrected chi connectivity index (χ0v) is 13.0. The summed E-state index contributed by atoms with van der Waals surface area (Å²) in [5.74, 6) is 0. The van der Waals surface area contributed by atoms with E-state index >= 15 is 0 Å². The summed E-state index contributed by atoms with van der Waals surface area (Å²) in [7, 11) is -3.49. The largest absolute Gasteiger partial charge is 0.316 e. The minimum absolute atomic E-state index is 0.0356. The van der Waals surface area contributed by atoms with Gasteiger partial charge in [-0.05, 0) is 42.5 Å². The zero-order chi connectivity index (χ0) is 15.3. The Morgan fingerprint density at radius 1 is 1.38 bits per heavy atom. The van der Waals surface area contributed by atoms with Crippen LogP contribution in [0.4, 0.5) is 0 Å². The fourth-order valence-corrected chi connectivity index (χ4v) is 3.70. The first kappa shape index (κ1) is 16.0. The van der Waals surface area contributed by atoms with Gasteiger partial charge in [-0.25, -0.2) is 13.1 Å². The average molecular weight is 307 g/mol. The van der Waals surface area contributed by atoms with Crippen LogP contribution in [0, 0.1) is 16.7 Å². The lowest BCUT2D eigenvalue weighted by Crippen LogP contribution is -2.45.